The summed E-state index contributed by atoms with van der Waals surface area (Å²) in [4.78, 5) is 12.1. The second kappa shape index (κ2) is 5.95. The van der Waals surface area contributed by atoms with Gasteiger partial charge in [-0.15, -0.1) is 0 Å². The number of imidazole rings is 1. The van der Waals surface area contributed by atoms with E-state index < -0.39 is 11.7 Å². The average molecular weight is 361 g/mol. The molecule has 0 saturated heterocycles. The smallest absolute Gasteiger partial charge is 0.421 e. The molecule has 1 heterocycles. The molecular weight excluding hydrogens is 347 g/mol. The maximum Gasteiger partial charge on any atom is 0.421 e. The van der Waals surface area contributed by atoms with Gasteiger partial charge in [0, 0.05) is 10.0 Å². The third-order valence-corrected chi connectivity index (χ3v) is 3.38. The van der Waals surface area contributed by atoms with E-state index in [2.05, 4.69) is 0 Å². The van der Waals surface area contributed by atoms with Crippen molar-refractivity contribution in [3.05, 3.63) is 39.2 Å². The average Bonchev–Trinajstić information content (AvgIpc) is 2.61. The van der Waals surface area contributed by atoms with Crippen molar-refractivity contribution in [2.45, 2.75) is 26.4 Å². The standard InChI is InChI=1S/C14H14Cl2N2O3S/c1-14(2,3)21-13(20)17-7-11(19)18(12(17)22)10-5-8(15)4-9(16)6-10/h4-7,19H,1-3H3. The molecule has 8 heteroatoms. The summed E-state index contributed by atoms with van der Waals surface area (Å²) in [5, 5.41) is 10.8. The molecule has 0 spiro atoms. The summed E-state index contributed by atoms with van der Waals surface area (Å²) in [6.45, 7) is 5.21. The zero-order valence-corrected chi connectivity index (χ0v) is 14.5. The fourth-order valence-electron chi connectivity index (χ4n) is 1.79. The maximum atomic E-state index is 12.1. The molecule has 118 valence electrons. The fourth-order valence-corrected chi connectivity index (χ4v) is 2.63. The number of carbonyl (C=O) groups excluding carboxylic acids is 1. The van der Waals surface area contributed by atoms with Gasteiger partial charge in [0.15, 0.2) is 4.77 Å². The van der Waals surface area contributed by atoms with Crippen molar-refractivity contribution in [1.29, 1.82) is 0 Å². The molecule has 0 bridgehead atoms. The molecule has 0 fully saturated rings. The summed E-state index contributed by atoms with van der Waals surface area (Å²) in [5.41, 5.74) is -0.231. The van der Waals surface area contributed by atoms with Gasteiger partial charge in [-0.2, -0.15) is 0 Å². The first-order chi connectivity index (χ1) is 10.1. The van der Waals surface area contributed by atoms with Gasteiger partial charge in [0.05, 0.1) is 11.9 Å². The zero-order valence-electron chi connectivity index (χ0n) is 12.1. The number of hydrogen-bond acceptors (Lipinski definition) is 4. The molecule has 22 heavy (non-hydrogen) atoms. The highest BCUT2D eigenvalue weighted by Crippen LogP contribution is 2.26. The molecule has 0 atom stereocenters. The van der Waals surface area contributed by atoms with Crippen LogP contribution in [0.3, 0.4) is 0 Å². The van der Waals surface area contributed by atoms with Crippen LogP contribution in [-0.2, 0) is 4.74 Å². The molecule has 1 N–H and O–H groups in total. The van der Waals surface area contributed by atoms with Crippen molar-refractivity contribution >= 4 is 41.5 Å². The lowest BCUT2D eigenvalue weighted by atomic mass is 10.2. The van der Waals surface area contributed by atoms with E-state index in [0.29, 0.717) is 15.7 Å². The lowest BCUT2D eigenvalue weighted by Crippen LogP contribution is -2.27. The SMILES string of the molecule is CC(C)(C)OC(=O)n1cc(O)n(-c2cc(Cl)cc(Cl)c2)c1=S. The largest absolute Gasteiger partial charge is 0.493 e. The second-order valence-corrected chi connectivity index (χ2v) is 6.82. The van der Waals surface area contributed by atoms with Crippen LogP contribution >= 0.6 is 35.4 Å². The van der Waals surface area contributed by atoms with Crippen LogP contribution < -0.4 is 0 Å². The maximum absolute atomic E-state index is 12.1. The number of nitrogens with zero attached hydrogens (tertiary/aromatic N) is 2. The van der Waals surface area contributed by atoms with Gasteiger partial charge in [0.1, 0.15) is 5.60 Å². The number of aromatic nitrogens is 2. The van der Waals surface area contributed by atoms with Gasteiger partial charge in [0.2, 0.25) is 5.88 Å². The van der Waals surface area contributed by atoms with Crippen LogP contribution in [0.5, 0.6) is 5.88 Å². The van der Waals surface area contributed by atoms with Crippen LogP contribution in [0.15, 0.2) is 24.4 Å². The molecule has 0 aliphatic carbocycles. The molecule has 0 radical (unpaired) electrons. The first kappa shape index (κ1) is 16.9. The zero-order chi connectivity index (χ0) is 16.7. The van der Waals surface area contributed by atoms with Gasteiger partial charge in [-0.05, 0) is 51.2 Å². The number of carbonyl (C=O) groups is 1. The van der Waals surface area contributed by atoms with Gasteiger partial charge in [0.25, 0.3) is 0 Å². The predicted octanol–water partition coefficient (Wildman–Crippen LogP) is 4.80. The Morgan fingerprint density at radius 3 is 2.27 bits per heavy atom. The third-order valence-electron chi connectivity index (χ3n) is 2.57. The predicted molar refractivity (Wildman–Crippen MR) is 87.9 cm³/mol. The minimum Gasteiger partial charge on any atom is -0.493 e. The first-order valence-corrected chi connectivity index (χ1v) is 7.48. The van der Waals surface area contributed by atoms with E-state index >= 15 is 0 Å². The molecule has 2 aromatic rings. The highest BCUT2D eigenvalue weighted by molar-refractivity contribution is 7.71. The molecule has 0 amide bonds. The lowest BCUT2D eigenvalue weighted by molar-refractivity contribution is 0.0533. The quantitative estimate of drug-likeness (QED) is 0.741. The molecule has 5 nitrogen and oxygen atoms in total. The number of aromatic hydroxyl groups is 1. The fraction of sp³-hybridized carbons (Fsp3) is 0.286. The van der Waals surface area contributed by atoms with Crippen molar-refractivity contribution in [2.24, 2.45) is 0 Å². The van der Waals surface area contributed by atoms with Crippen molar-refractivity contribution in [2.75, 3.05) is 0 Å². The monoisotopic (exact) mass is 360 g/mol. The van der Waals surface area contributed by atoms with Crippen LogP contribution in [0.4, 0.5) is 4.79 Å². The summed E-state index contributed by atoms with van der Waals surface area (Å²) in [5.74, 6) is -0.228. The van der Waals surface area contributed by atoms with Crippen molar-refractivity contribution in [3.63, 3.8) is 0 Å². The third kappa shape index (κ3) is 3.63. The normalized spacial score (nSPS) is 11.5. The summed E-state index contributed by atoms with van der Waals surface area (Å²) < 4.78 is 7.60. The molecule has 0 saturated carbocycles. The van der Waals surface area contributed by atoms with Gasteiger partial charge in [-0.3, -0.25) is 4.57 Å². The Morgan fingerprint density at radius 1 is 1.23 bits per heavy atom. The van der Waals surface area contributed by atoms with Crippen molar-refractivity contribution in [1.82, 2.24) is 9.13 Å². The van der Waals surface area contributed by atoms with Crippen LogP contribution in [0.2, 0.25) is 10.0 Å². The minimum absolute atomic E-state index is 0.0464. The van der Waals surface area contributed by atoms with Gasteiger partial charge in [-0.25, -0.2) is 9.36 Å². The number of benzene rings is 1. The van der Waals surface area contributed by atoms with Gasteiger partial charge < -0.3 is 9.84 Å². The number of hydrogen-bond donors (Lipinski definition) is 1. The Kier molecular flexibility index (Phi) is 4.56. The van der Waals surface area contributed by atoms with E-state index in [-0.39, 0.29) is 10.7 Å². The van der Waals surface area contributed by atoms with Crippen LogP contribution in [0, 0.1) is 4.77 Å². The molecule has 1 aromatic heterocycles. The summed E-state index contributed by atoms with van der Waals surface area (Å²) in [7, 11) is 0. The van der Waals surface area contributed by atoms with E-state index in [4.69, 9.17) is 40.2 Å². The highest BCUT2D eigenvalue weighted by atomic mass is 35.5. The van der Waals surface area contributed by atoms with Crippen LogP contribution in [0.1, 0.15) is 20.8 Å². The van der Waals surface area contributed by atoms with Gasteiger partial charge in [-0.1, -0.05) is 23.2 Å². The summed E-state index contributed by atoms with van der Waals surface area (Å²) >= 11 is 17.1. The molecule has 0 unspecified atom stereocenters. The lowest BCUT2D eigenvalue weighted by Gasteiger charge is -2.19. The van der Waals surface area contributed by atoms with E-state index in [1.54, 1.807) is 39.0 Å². The topological polar surface area (TPSA) is 56.4 Å². The number of rotatable bonds is 1. The number of ether oxygens (including phenoxy) is 1. The van der Waals surface area contributed by atoms with Crippen molar-refractivity contribution < 1.29 is 14.6 Å². The molecular formula is C14H14Cl2N2O3S. The second-order valence-electron chi connectivity index (χ2n) is 5.58. The first-order valence-electron chi connectivity index (χ1n) is 6.32. The van der Waals surface area contributed by atoms with Crippen LogP contribution in [-0.4, -0.2) is 25.9 Å². The Bertz CT molecular complexity index is 770. The number of halogens is 2. The Morgan fingerprint density at radius 2 is 1.77 bits per heavy atom. The summed E-state index contributed by atoms with van der Waals surface area (Å²) in [6, 6.07) is 4.70. The molecule has 1 aromatic carbocycles. The van der Waals surface area contributed by atoms with E-state index in [9.17, 15) is 9.90 Å². The van der Waals surface area contributed by atoms with Crippen LogP contribution in [0.25, 0.3) is 5.69 Å². The van der Waals surface area contributed by atoms with Gasteiger partial charge >= 0.3 is 6.09 Å². The molecule has 0 aliphatic rings. The molecule has 2 rings (SSSR count). The highest BCUT2D eigenvalue weighted by Gasteiger charge is 2.21. The Hall–Kier alpha value is -1.50. The van der Waals surface area contributed by atoms with E-state index in [0.717, 1.165) is 4.57 Å². The Labute approximate surface area is 142 Å². The molecule has 0 aliphatic heterocycles. The van der Waals surface area contributed by atoms with Crippen molar-refractivity contribution in [3.8, 4) is 11.6 Å². The van der Waals surface area contributed by atoms with E-state index in [1.165, 1.54) is 10.8 Å². The minimum atomic E-state index is -0.681. The Balaban J connectivity index is 2.52. The summed E-state index contributed by atoms with van der Waals surface area (Å²) in [6.07, 6.45) is 0.505. The van der Waals surface area contributed by atoms with E-state index in [1.807, 2.05) is 0 Å².